The van der Waals surface area contributed by atoms with E-state index < -0.39 is 10.4 Å². The largest absolute Gasteiger partial charge is 2.00 e. The molecule has 0 unspecified atom stereocenters. The maximum Gasteiger partial charge on any atom is 2.00 e. The van der Waals surface area contributed by atoms with Gasteiger partial charge in [-0.1, -0.05) is 0 Å². The number of hydrogen-bond acceptors (Lipinski definition) is 4. The molecule has 0 aliphatic heterocycles. The summed E-state index contributed by atoms with van der Waals surface area (Å²) < 4.78 is 34.1. The molecule has 7 heteroatoms. The summed E-state index contributed by atoms with van der Waals surface area (Å²) in [5.74, 6) is 0. The van der Waals surface area contributed by atoms with E-state index in [1.807, 2.05) is 0 Å². The Labute approximate surface area is 81.7 Å². The second kappa shape index (κ2) is 5.78. The zero-order chi connectivity index (χ0) is 4.50. The summed E-state index contributed by atoms with van der Waals surface area (Å²) in [6, 6.07) is 0. The molecule has 0 bridgehead atoms. The predicted octanol–water partition coefficient (Wildman–Crippen LogP) is -1.72. The van der Waals surface area contributed by atoms with Crippen LogP contribution in [-0.4, -0.2) is 55.3 Å². The normalized spacial score (nSPS) is 8.29. The van der Waals surface area contributed by atoms with Gasteiger partial charge in [0.05, 0.1) is 0 Å². The average Bonchev–Trinajstić information content (AvgIpc) is 0.722. The van der Waals surface area contributed by atoms with Gasteiger partial charge in [-0.25, -0.2) is 0 Å². The van der Waals surface area contributed by atoms with E-state index >= 15 is 0 Å². The maximum absolute atomic E-state index is 8.52. The first kappa shape index (κ1) is 15.9. The molecule has 0 radical (unpaired) electrons. The van der Waals surface area contributed by atoms with Crippen molar-refractivity contribution >= 4 is 48.1 Å². The van der Waals surface area contributed by atoms with E-state index in [0.717, 1.165) is 0 Å². The third-order valence-corrected chi connectivity index (χ3v) is 0. The van der Waals surface area contributed by atoms with Crippen LogP contribution in [0.3, 0.4) is 0 Å². The minimum atomic E-state index is -5.17. The zero-order valence-corrected chi connectivity index (χ0v) is 7.02. The molecule has 0 N–H and O–H groups in total. The van der Waals surface area contributed by atoms with Crippen LogP contribution in [0, 0.1) is 0 Å². The van der Waals surface area contributed by atoms with Gasteiger partial charge < -0.3 is 9.11 Å². The standard InChI is InChI=1S/Ca.Cu.H2O4S/c;;1-5(2,3)4/h;;(H2,1,2,3,4)/q+2;+1;/p-2. The van der Waals surface area contributed by atoms with Gasteiger partial charge in [0.25, 0.3) is 0 Å². The molecule has 4 nitrogen and oxygen atoms in total. The fraction of sp³-hybridized carbons (Fsp3) is 0. The molecule has 0 aromatic heterocycles. The third-order valence-electron chi connectivity index (χ3n) is 0. The molecule has 0 aromatic carbocycles. The summed E-state index contributed by atoms with van der Waals surface area (Å²) in [7, 11) is -5.17. The summed E-state index contributed by atoms with van der Waals surface area (Å²) in [6.45, 7) is 0. The van der Waals surface area contributed by atoms with Crippen LogP contribution in [0.2, 0.25) is 0 Å². The molecule has 0 aromatic rings. The van der Waals surface area contributed by atoms with Crippen molar-refractivity contribution in [3.8, 4) is 0 Å². The Morgan fingerprint density at radius 2 is 1.14 bits per heavy atom. The van der Waals surface area contributed by atoms with Crippen molar-refractivity contribution in [2.75, 3.05) is 0 Å². The molecule has 0 aliphatic carbocycles. The monoisotopic (exact) mass is 199 g/mol. The second-order valence-corrected chi connectivity index (χ2v) is 1.22. The first-order valence-corrected chi connectivity index (χ1v) is 2.00. The number of hydrogen-bond donors (Lipinski definition) is 0. The maximum atomic E-state index is 8.52. The van der Waals surface area contributed by atoms with Gasteiger partial charge in [0.15, 0.2) is 0 Å². The second-order valence-electron chi connectivity index (χ2n) is 0.408. The molecule has 0 saturated carbocycles. The summed E-state index contributed by atoms with van der Waals surface area (Å²) in [6.07, 6.45) is 0. The molecule has 0 spiro atoms. The Hall–Kier alpha value is 1.65. The zero-order valence-electron chi connectivity index (χ0n) is 3.05. The molecule has 0 saturated heterocycles. The quantitative estimate of drug-likeness (QED) is 0.264. The van der Waals surface area contributed by atoms with Crippen molar-refractivity contribution in [1.29, 1.82) is 0 Å². The first-order valence-electron chi connectivity index (χ1n) is 0.667. The topological polar surface area (TPSA) is 80.3 Å². The molecule has 42 valence electrons. The van der Waals surface area contributed by atoms with Gasteiger partial charge in [0.1, 0.15) is 0 Å². The molecule has 0 rings (SSSR count). The fourth-order valence-corrected chi connectivity index (χ4v) is 0. The Bertz CT molecular complexity index is 94.9. The first-order chi connectivity index (χ1) is 2.00. The summed E-state index contributed by atoms with van der Waals surface area (Å²) in [5.41, 5.74) is 0. The Morgan fingerprint density at radius 3 is 1.14 bits per heavy atom. The van der Waals surface area contributed by atoms with E-state index in [0.29, 0.717) is 0 Å². The van der Waals surface area contributed by atoms with Gasteiger partial charge in [-0.15, -0.1) is 0 Å². The predicted molar refractivity (Wildman–Crippen MR) is 16.2 cm³/mol. The van der Waals surface area contributed by atoms with E-state index in [-0.39, 0.29) is 54.8 Å². The van der Waals surface area contributed by atoms with E-state index in [4.69, 9.17) is 17.5 Å². The van der Waals surface area contributed by atoms with E-state index in [9.17, 15) is 0 Å². The van der Waals surface area contributed by atoms with Crippen LogP contribution in [0.5, 0.6) is 0 Å². The van der Waals surface area contributed by atoms with E-state index in [2.05, 4.69) is 0 Å². The number of rotatable bonds is 0. The van der Waals surface area contributed by atoms with E-state index in [1.54, 1.807) is 0 Å². The van der Waals surface area contributed by atoms with Gasteiger partial charge in [0, 0.05) is 10.4 Å². The summed E-state index contributed by atoms with van der Waals surface area (Å²) in [4.78, 5) is 0. The molecule has 0 fully saturated rings. The average molecular weight is 200 g/mol. The van der Waals surface area contributed by atoms with Crippen LogP contribution in [0.4, 0.5) is 0 Å². The van der Waals surface area contributed by atoms with E-state index in [1.165, 1.54) is 0 Å². The SMILES string of the molecule is O=S(=O)([O-])[O-].[Ca+2].[Cu+]. The van der Waals surface area contributed by atoms with Gasteiger partial charge >= 0.3 is 54.8 Å². The van der Waals surface area contributed by atoms with Gasteiger partial charge in [-0.3, -0.25) is 8.42 Å². The van der Waals surface area contributed by atoms with Crippen LogP contribution >= 0.6 is 0 Å². The van der Waals surface area contributed by atoms with Crippen LogP contribution in [-0.2, 0) is 27.5 Å². The molecule has 7 heavy (non-hydrogen) atoms. The minimum Gasteiger partial charge on any atom is -0.759 e. The Balaban J connectivity index is -0.0000000800. The van der Waals surface area contributed by atoms with Gasteiger partial charge in [0.2, 0.25) is 0 Å². The van der Waals surface area contributed by atoms with Crippen LogP contribution in [0.25, 0.3) is 0 Å². The van der Waals surface area contributed by atoms with Gasteiger partial charge in [-0.2, -0.15) is 0 Å². The molecule has 0 atom stereocenters. The Morgan fingerprint density at radius 1 is 1.14 bits per heavy atom. The summed E-state index contributed by atoms with van der Waals surface area (Å²) in [5, 5.41) is 0. The van der Waals surface area contributed by atoms with Gasteiger partial charge in [-0.05, 0) is 0 Å². The smallest absolute Gasteiger partial charge is 0.759 e. The van der Waals surface area contributed by atoms with Crippen LogP contribution < -0.4 is 0 Å². The van der Waals surface area contributed by atoms with Crippen molar-refractivity contribution < 1.29 is 34.6 Å². The van der Waals surface area contributed by atoms with Crippen LogP contribution in [0.1, 0.15) is 0 Å². The summed E-state index contributed by atoms with van der Waals surface area (Å²) >= 11 is 0. The molecular weight excluding hydrogens is 200 g/mol. The minimum absolute atomic E-state index is 0. The molecular formula is CaCuO4S+. The third kappa shape index (κ3) is 89.8. The van der Waals surface area contributed by atoms with Crippen molar-refractivity contribution in [2.24, 2.45) is 0 Å². The molecule has 0 heterocycles. The Kier molecular flexibility index (Phi) is 13.1. The van der Waals surface area contributed by atoms with Crippen molar-refractivity contribution in [1.82, 2.24) is 0 Å². The molecule has 0 amide bonds. The van der Waals surface area contributed by atoms with Crippen LogP contribution in [0.15, 0.2) is 0 Å². The van der Waals surface area contributed by atoms with Crippen molar-refractivity contribution in [2.45, 2.75) is 0 Å². The van der Waals surface area contributed by atoms with Crippen molar-refractivity contribution in [3.05, 3.63) is 0 Å². The molecule has 0 aliphatic rings. The van der Waals surface area contributed by atoms with Crippen molar-refractivity contribution in [3.63, 3.8) is 0 Å². The fourth-order valence-electron chi connectivity index (χ4n) is 0.